The molecule has 2 aromatic rings. The number of hydrogen-bond acceptors (Lipinski definition) is 4. The Labute approximate surface area is 135 Å². The van der Waals surface area contributed by atoms with Gasteiger partial charge in [0.2, 0.25) is 5.91 Å². The molecule has 116 valence electrons. The van der Waals surface area contributed by atoms with E-state index in [4.69, 9.17) is 5.73 Å². The first kappa shape index (κ1) is 17.9. The Kier molecular flexibility index (Phi) is 6.13. The lowest BCUT2D eigenvalue weighted by Crippen LogP contribution is -2.48. The third-order valence-electron chi connectivity index (χ3n) is 3.19. The number of hydrogen-bond donors (Lipinski definition) is 2. The molecule has 0 spiro atoms. The van der Waals surface area contributed by atoms with Gasteiger partial charge >= 0.3 is 0 Å². The summed E-state index contributed by atoms with van der Waals surface area (Å²) >= 11 is 1.67. The number of amides is 1. The first-order valence-corrected chi connectivity index (χ1v) is 7.57. The highest BCUT2D eigenvalue weighted by atomic mass is 35.5. The summed E-state index contributed by atoms with van der Waals surface area (Å²) in [6.45, 7) is 6.46. The minimum Gasteiger partial charge on any atom is -0.354 e. The summed E-state index contributed by atoms with van der Waals surface area (Å²) in [6.07, 6.45) is 0.738. The number of carbonyl (C=O) groups excluding carboxylic acids is 1. The Morgan fingerprint density at radius 3 is 2.67 bits per heavy atom. The van der Waals surface area contributed by atoms with Crippen LogP contribution in [0.4, 0.5) is 0 Å². The molecule has 1 aromatic heterocycles. The van der Waals surface area contributed by atoms with Gasteiger partial charge < -0.3 is 11.1 Å². The zero-order chi connectivity index (χ0) is 14.8. The zero-order valence-corrected chi connectivity index (χ0v) is 14.2. The average molecular weight is 328 g/mol. The van der Waals surface area contributed by atoms with Crippen molar-refractivity contribution in [2.75, 3.05) is 6.54 Å². The summed E-state index contributed by atoms with van der Waals surface area (Å²) in [4.78, 5) is 16.4. The molecule has 0 saturated carbocycles. The van der Waals surface area contributed by atoms with Gasteiger partial charge in [0.1, 0.15) is 0 Å². The number of rotatable bonds is 4. The van der Waals surface area contributed by atoms with Crippen molar-refractivity contribution in [3.05, 3.63) is 29.3 Å². The Morgan fingerprint density at radius 2 is 2.05 bits per heavy atom. The van der Waals surface area contributed by atoms with E-state index in [0.717, 1.165) is 16.9 Å². The van der Waals surface area contributed by atoms with E-state index in [1.54, 1.807) is 11.3 Å². The number of nitrogens with one attached hydrogen (secondary N) is 1. The van der Waals surface area contributed by atoms with Gasteiger partial charge in [-0.3, -0.25) is 4.79 Å². The van der Waals surface area contributed by atoms with E-state index in [2.05, 4.69) is 16.4 Å². The third-order valence-corrected chi connectivity index (χ3v) is 4.29. The second kappa shape index (κ2) is 7.20. The fraction of sp³-hybridized carbons (Fsp3) is 0.467. The van der Waals surface area contributed by atoms with Crippen LogP contribution >= 0.6 is 23.7 Å². The maximum absolute atomic E-state index is 11.9. The lowest BCUT2D eigenvalue weighted by atomic mass is 9.87. The van der Waals surface area contributed by atoms with Crippen molar-refractivity contribution < 1.29 is 4.79 Å². The number of aromatic nitrogens is 1. The number of thiazole rings is 1. The van der Waals surface area contributed by atoms with Gasteiger partial charge in [-0.05, 0) is 17.5 Å². The first-order chi connectivity index (χ1) is 9.38. The molecule has 1 atom stereocenters. The second-order valence-electron chi connectivity index (χ2n) is 5.96. The fourth-order valence-corrected chi connectivity index (χ4v) is 2.79. The summed E-state index contributed by atoms with van der Waals surface area (Å²) in [7, 11) is 0. The largest absolute Gasteiger partial charge is 0.354 e. The van der Waals surface area contributed by atoms with Gasteiger partial charge in [-0.25, -0.2) is 4.98 Å². The van der Waals surface area contributed by atoms with Crippen molar-refractivity contribution in [1.29, 1.82) is 0 Å². The molecule has 0 radical (unpaired) electrons. The van der Waals surface area contributed by atoms with E-state index in [0.29, 0.717) is 6.54 Å². The van der Waals surface area contributed by atoms with Crippen molar-refractivity contribution in [3.8, 4) is 0 Å². The highest BCUT2D eigenvalue weighted by Crippen LogP contribution is 2.21. The van der Waals surface area contributed by atoms with Gasteiger partial charge in [-0.2, -0.15) is 0 Å². The maximum atomic E-state index is 11.9. The van der Waals surface area contributed by atoms with Crippen molar-refractivity contribution in [2.24, 2.45) is 11.1 Å². The monoisotopic (exact) mass is 327 g/mol. The van der Waals surface area contributed by atoms with Crippen LogP contribution in [0.25, 0.3) is 10.2 Å². The van der Waals surface area contributed by atoms with E-state index in [1.165, 1.54) is 4.70 Å². The van der Waals surface area contributed by atoms with Crippen LogP contribution in [0.5, 0.6) is 0 Å². The van der Waals surface area contributed by atoms with Gasteiger partial charge in [0.15, 0.2) is 0 Å². The Bertz CT molecular complexity index is 573. The van der Waals surface area contributed by atoms with Crippen molar-refractivity contribution >= 4 is 39.9 Å². The van der Waals surface area contributed by atoms with E-state index in [-0.39, 0.29) is 23.7 Å². The SMILES string of the molecule is CC(C)(C)[C@H](N)C(=O)NCCc1nc2ccccc2s1.Cl. The number of nitrogens with zero attached hydrogens (tertiary/aromatic N) is 1. The molecule has 2 rings (SSSR count). The number of para-hydroxylation sites is 1. The standard InChI is InChI=1S/C15H21N3OS.ClH/c1-15(2,3)13(16)14(19)17-9-8-12-18-10-6-4-5-7-11(10)20-12;/h4-7,13H,8-9,16H2,1-3H3,(H,17,19);1H/t13-;/m1./s1. The molecule has 4 nitrogen and oxygen atoms in total. The molecule has 0 aliphatic heterocycles. The molecule has 3 N–H and O–H groups in total. The highest BCUT2D eigenvalue weighted by molar-refractivity contribution is 7.18. The molecule has 1 heterocycles. The predicted octanol–water partition coefficient (Wildman–Crippen LogP) is 2.75. The molecule has 0 bridgehead atoms. The van der Waals surface area contributed by atoms with Crippen LogP contribution < -0.4 is 11.1 Å². The Hall–Kier alpha value is -1.17. The number of nitrogens with two attached hydrogens (primary N) is 1. The van der Waals surface area contributed by atoms with E-state index in [1.807, 2.05) is 39.0 Å². The van der Waals surface area contributed by atoms with Crippen molar-refractivity contribution in [1.82, 2.24) is 10.3 Å². The first-order valence-electron chi connectivity index (χ1n) is 6.75. The number of benzene rings is 1. The highest BCUT2D eigenvalue weighted by Gasteiger charge is 2.26. The zero-order valence-electron chi connectivity index (χ0n) is 12.6. The lowest BCUT2D eigenvalue weighted by Gasteiger charge is -2.25. The van der Waals surface area contributed by atoms with Crippen LogP contribution in [0.1, 0.15) is 25.8 Å². The second-order valence-corrected chi connectivity index (χ2v) is 7.08. The lowest BCUT2D eigenvalue weighted by molar-refractivity contribution is -0.124. The van der Waals surface area contributed by atoms with Crippen LogP contribution in [0.3, 0.4) is 0 Å². The van der Waals surface area contributed by atoms with E-state index in [9.17, 15) is 4.79 Å². The van der Waals surface area contributed by atoms with Gasteiger partial charge in [0.05, 0.1) is 21.3 Å². The summed E-state index contributed by atoms with van der Waals surface area (Å²) < 4.78 is 1.18. The molecule has 0 fully saturated rings. The summed E-state index contributed by atoms with van der Waals surface area (Å²) in [5, 5.41) is 3.92. The minimum atomic E-state index is -0.488. The van der Waals surface area contributed by atoms with E-state index >= 15 is 0 Å². The fourth-order valence-electron chi connectivity index (χ4n) is 1.82. The molecule has 1 aromatic carbocycles. The average Bonchev–Trinajstić information content (AvgIpc) is 2.79. The number of halogens is 1. The quantitative estimate of drug-likeness (QED) is 0.907. The Morgan fingerprint density at radius 1 is 1.38 bits per heavy atom. The molecule has 0 unspecified atom stereocenters. The van der Waals surface area contributed by atoms with Gasteiger partial charge in [-0.1, -0.05) is 32.9 Å². The van der Waals surface area contributed by atoms with Crippen LogP contribution in [0.15, 0.2) is 24.3 Å². The topological polar surface area (TPSA) is 68.0 Å². The minimum absolute atomic E-state index is 0. The molecule has 1 amide bonds. The third kappa shape index (κ3) is 4.66. The smallest absolute Gasteiger partial charge is 0.237 e. The molecule has 21 heavy (non-hydrogen) atoms. The predicted molar refractivity (Wildman–Crippen MR) is 91.0 cm³/mol. The number of fused-ring (bicyclic) bond motifs is 1. The van der Waals surface area contributed by atoms with Crippen molar-refractivity contribution in [3.63, 3.8) is 0 Å². The molecule has 6 heteroatoms. The molecular weight excluding hydrogens is 306 g/mol. The normalized spacial score (nSPS) is 12.8. The molecular formula is C15H22ClN3OS. The van der Waals surface area contributed by atoms with Crippen LogP contribution in [0.2, 0.25) is 0 Å². The van der Waals surface area contributed by atoms with Gasteiger partial charge in [0, 0.05) is 13.0 Å². The summed E-state index contributed by atoms with van der Waals surface area (Å²) in [6, 6.07) is 7.57. The van der Waals surface area contributed by atoms with Crippen LogP contribution in [0, 0.1) is 5.41 Å². The van der Waals surface area contributed by atoms with Crippen molar-refractivity contribution in [2.45, 2.75) is 33.2 Å². The van der Waals surface area contributed by atoms with E-state index < -0.39 is 6.04 Å². The maximum Gasteiger partial charge on any atom is 0.237 e. The molecule has 0 saturated heterocycles. The molecule has 0 aliphatic carbocycles. The summed E-state index contributed by atoms with van der Waals surface area (Å²) in [5.41, 5.74) is 6.71. The summed E-state index contributed by atoms with van der Waals surface area (Å²) in [5.74, 6) is -0.0985. The van der Waals surface area contributed by atoms with Gasteiger partial charge in [0.25, 0.3) is 0 Å². The van der Waals surface area contributed by atoms with Crippen LogP contribution in [-0.2, 0) is 11.2 Å². The number of carbonyl (C=O) groups is 1. The van der Waals surface area contributed by atoms with Crippen LogP contribution in [-0.4, -0.2) is 23.5 Å². The molecule has 0 aliphatic rings. The Balaban J connectivity index is 0.00000220. The van der Waals surface area contributed by atoms with Gasteiger partial charge in [-0.15, -0.1) is 23.7 Å².